The largest absolute Gasteiger partial charge is 0.381 e. The summed E-state index contributed by atoms with van der Waals surface area (Å²) >= 11 is 0. The van der Waals surface area contributed by atoms with Crippen LogP contribution in [0.25, 0.3) is 0 Å². The lowest BCUT2D eigenvalue weighted by atomic mass is 10.2. The molecule has 0 saturated carbocycles. The third kappa shape index (κ3) is 3.45. The number of hydrogen-bond donors (Lipinski definition) is 1. The van der Waals surface area contributed by atoms with Crippen molar-refractivity contribution < 1.29 is 4.74 Å². The third-order valence-corrected chi connectivity index (χ3v) is 2.45. The van der Waals surface area contributed by atoms with Crippen molar-refractivity contribution in [3.05, 3.63) is 17.1 Å². The molecule has 1 N–H and O–H groups in total. The predicted octanol–water partition coefficient (Wildman–Crippen LogP) is 2.10. The lowest BCUT2D eigenvalue weighted by Gasteiger charge is -2.10. The first-order valence-electron chi connectivity index (χ1n) is 5.84. The van der Waals surface area contributed by atoms with Crippen molar-refractivity contribution in [2.75, 3.05) is 25.1 Å². The summed E-state index contributed by atoms with van der Waals surface area (Å²) in [5.74, 6) is 1.80. The van der Waals surface area contributed by atoms with Crippen LogP contribution in [-0.2, 0) is 11.2 Å². The van der Waals surface area contributed by atoms with Crippen LogP contribution in [0.1, 0.15) is 30.9 Å². The van der Waals surface area contributed by atoms with E-state index in [9.17, 15) is 0 Å². The van der Waals surface area contributed by atoms with Gasteiger partial charge in [-0.05, 0) is 27.7 Å². The van der Waals surface area contributed by atoms with Gasteiger partial charge in [-0.15, -0.1) is 0 Å². The van der Waals surface area contributed by atoms with Gasteiger partial charge in [-0.25, -0.2) is 9.97 Å². The standard InChI is InChI=1S/C12H21N3O/c1-5-13-12-9(3)10(4)14-11(15-12)7-8-16-6-2/h5-8H2,1-4H3,(H,13,14,15). The van der Waals surface area contributed by atoms with Crippen LogP contribution in [0.2, 0.25) is 0 Å². The number of aromatic nitrogens is 2. The van der Waals surface area contributed by atoms with Crippen molar-refractivity contribution in [2.24, 2.45) is 0 Å². The number of anilines is 1. The molecule has 1 aromatic rings. The van der Waals surface area contributed by atoms with E-state index >= 15 is 0 Å². The van der Waals surface area contributed by atoms with Gasteiger partial charge >= 0.3 is 0 Å². The minimum atomic E-state index is 0.685. The molecule has 16 heavy (non-hydrogen) atoms. The van der Waals surface area contributed by atoms with Crippen molar-refractivity contribution in [1.29, 1.82) is 0 Å². The number of hydrogen-bond acceptors (Lipinski definition) is 4. The van der Waals surface area contributed by atoms with E-state index in [0.29, 0.717) is 6.61 Å². The van der Waals surface area contributed by atoms with Crippen LogP contribution in [0.5, 0.6) is 0 Å². The maximum atomic E-state index is 5.31. The summed E-state index contributed by atoms with van der Waals surface area (Å²) in [6, 6.07) is 0. The normalized spacial score (nSPS) is 10.5. The van der Waals surface area contributed by atoms with Gasteiger partial charge in [0.25, 0.3) is 0 Å². The molecule has 0 spiro atoms. The van der Waals surface area contributed by atoms with Gasteiger partial charge in [0.2, 0.25) is 0 Å². The molecule has 0 bridgehead atoms. The van der Waals surface area contributed by atoms with Crippen molar-refractivity contribution in [2.45, 2.75) is 34.1 Å². The number of ether oxygens (including phenoxy) is 1. The molecule has 0 radical (unpaired) electrons. The highest BCUT2D eigenvalue weighted by molar-refractivity contribution is 5.45. The van der Waals surface area contributed by atoms with Gasteiger partial charge in [0, 0.05) is 30.8 Å². The average molecular weight is 223 g/mol. The first-order valence-corrected chi connectivity index (χ1v) is 5.84. The Morgan fingerprint density at radius 3 is 2.56 bits per heavy atom. The van der Waals surface area contributed by atoms with E-state index in [0.717, 1.165) is 42.5 Å². The molecule has 0 aliphatic carbocycles. The van der Waals surface area contributed by atoms with E-state index in [4.69, 9.17) is 4.74 Å². The Kier molecular flexibility index (Phi) is 5.19. The Bertz CT molecular complexity index is 339. The van der Waals surface area contributed by atoms with Gasteiger partial charge in [0.15, 0.2) is 0 Å². The van der Waals surface area contributed by atoms with Gasteiger partial charge in [0.1, 0.15) is 11.6 Å². The summed E-state index contributed by atoms with van der Waals surface area (Å²) < 4.78 is 5.31. The minimum Gasteiger partial charge on any atom is -0.381 e. The van der Waals surface area contributed by atoms with Crippen LogP contribution in [0.3, 0.4) is 0 Å². The Morgan fingerprint density at radius 1 is 1.19 bits per heavy atom. The number of aryl methyl sites for hydroxylation is 1. The third-order valence-electron chi connectivity index (χ3n) is 2.45. The zero-order chi connectivity index (χ0) is 12.0. The van der Waals surface area contributed by atoms with Gasteiger partial charge in [-0.2, -0.15) is 0 Å². The van der Waals surface area contributed by atoms with Crippen LogP contribution >= 0.6 is 0 Å². The maximum absolute atomic E-state index is 5.31. The highest BCUT2D eigenvalue weighted by atomic mass is 16.5. The SMILES string of the molecule is CCNc1nc(CCOCC)nc(C)c1C. The molecule has 0 aliphatic heterocycles. The molecule has 0 aromatic carbocycles. The summed E-state index contributed by atoms with van der Waals surface area (Å²) in [5, 5.41) is 3.26. The summed E-state index contributed by atoms with van der Waals surface area (Å²) in [5.41, 5.74) is 2.17. The van der Waals surface area contributed by atoms with E-state index < -0.39 is 0 Å². The van der Waals surface area contributed by atoms with E-state index in [1.165, 1.54) is 0 Å². The topological polar surface area (TPSA) is 47.0 Å². The quantitative estimate of drug-likeness (QED) is 0.750. The number of nitrogens with zero attached hydrogens (tertiary/aromatic N) is 2. The van der Waals surface area contributed by atoms with Crippen LogP contribution in [0.4, 0.5) is 5.82 Å². The molecule has 90 valence electrons. The first-order chi connectivity index (χ1) is 7.69. The minimum absolute atomic E-state index is 0.685. The monoisotopic (exact) mass is 223 g/mol. The second-order valence-electron chi connectivity index (χ2n) is 3.68. The smallest absolute Gasteiger partial charge is 0.133 e. The van der Waals surface area contributed by atoms with Crippen molar-refractivity contribution in [1.82, 2.24) is 9.97 Å². The Morgan fingerprint density at radius 2 is 1.94 bits per heavy atom. The van der Waals surface area contributed by atoms with E-state index in [1.807, 2.05) is 20.8 Å². The molecule has 1 rings (SSSR count). The molecule has 0 atom stereocenters. The Balaban J connectivity index is 2.77. The molecule has 0 aliphatic rings. The Hall–Kier alpha value is -1.16. The molecule has 1 aromatic heterocycles. The second-order valence-corrected chi connectivity index (χ2v) is 3.68. The maximum Gasteiger partial charge on any atom is 0.133 e. The van der Waals surface area contributed by atoms with E-state index in [-0.39, 0.29) is 0 Å². The summed E-state index contributed by atoms with van der Waals surface area (Å²) in [6.07, 6.45) is 0.771. The molecule has 1 heterocycles. The fourth-order valence-electron chi connectivity index (χ4n) is 1.45. The van der Waals surface area contributed by atoms with Gasteiger partial charge < -0.3 is 10.1 Å². The molecule has 0 amide bonds. The van der Waals surface area contributed by atoms with Crippen LogP contribution < -0.4 is 5.32 Å². The van der Waals surface area contributed by atoms with Gasteiger partial charge in [0.05, 0.1) is 6.61 Å². The molecule has 4 heteroatoms. The molecule has 0 fully saturated rings. The Labute approximate surface area is 97.5 Å². The molecule has 0 saturated heterocycles. The molecule has 0 unspecified atom stereocenters. The molecular formula is C12H21N3O. The average Bonchev–Trinajstić information content (AvgIpc) is 2.26. The fourth-order valence-corrected chi connectivity index (χ4v) is 1.45. The van der Waals surface area contributed by atoms with Crippen LogP contribution in [-0.4, -0.2) is 29.7 Å². The zero-order valence-electron chi connectivity index (χ0n) is 10.6. The van der Waals surface area contributed by atoms with Crippen molar-refractivity contribution in [3.63, 3.8) is 0 Å². The summed E-state index contributed by atoms with van der Waals surface area (Å²) in [6.45, 7) is 10.4. The van der Waals surface area contributed by atoms with E-state index in [2.05, 4.69) is 22.2 Å². The number of nitrogens with one attached hydrogen (secondary N) is 1. The highest BCUT2D eigenvalue weighted by Crippen LogP contribution is 2.14. The second kappa shape index (κ2) is 6.43. The fraction of sp³-hybridized carbons (Fsp3) is 0.667. The van der Waals surface area contributed by atoms with Gasteiger partial charge in [-0.3, -0.25) is 0 Å². The lowest BCUT2D eigenvalue weighted by Crippen LogP contribution is -2.10. The highest BCUT2D eigenvalue weighted by Gasteiger charge is 2.06. The summed E-state index contributed by atoms with van der Waals surface area (Å²) in [7, 11) is 0. The van der Waals surface area contributed by atoms with Crippen molar-refractivity contribution >= 4 is 5.82 Å². The number of rotatable bonds is 6. The van der Waals surface area contributed by atoms with Gasteiger partial charge in [-0.1, -0.05) is 0 Å². The predicted molar refractivity (Wildman–Crippen MR) is 65.9 cm³/mol. The van der Waals surface area contributed by atoms with Crippen molar-refractivity contribution in [3.8, 4) is 0 Å². The lowest BCUT2D eigenvalue weighted by molar-refractivity contribution is 0.149. The van der Waals surface area contributed by atoms with Crippen LogP contribution in [0, 0.1) is 13.8 Å². The van der Waals surface area contributed by atoms with Crippen LogP contribution in [0.15, 0.2) is 0 Å². The zero-order valence-corrected chi connectivity index (χ0v) is 10.6. The van der Waals surface area contributed by atoms with E-state index in [1.54, 1.807) is 0 Å². The molecule has 4 nitrogen and oxygen atoms in total. The summed E-state index contributed by atoms with van der Waals surface area (Å²) in [4.78, 5) is 8.95. The molecular weight excluding hydrogens is 202 g/mol. The first kappa shape index (κ1) is 12.9.